The summed E-state index contributed by atoms with van der Waals surface area (Å²) in [6.07, 6.45) is 14.5. The Hall–Kier alpha value is -4.79. The lowest BCUT2D eigenvalue weighted by Crippen LogP contribution is -2.11. The van der Waals surface area contributed by atoms with Crippen molar-refractivity contribution < 1.29 is 19.7 Å². The van der Waals surface area contributed by atoms with E-state index < -0.39 is 0 Å². The van der Waals surface area contributed by atoms with Gasteiger partial charge in [-0.2, -0.15) is 0 Å². The molecule has 2 atom stereocenters. The van der Waals surface area contributed by atoms with E-state index in [1.807, 2.05) is 72.0 Å². The molecule has 2 aromatic carbocycles. The van der Waals surface area contributed by atoms with E-state index in [9.17, 15) is 10.2 Å². The number of phenols is 2. The minimum absolute atomic E-state index is 0.129. The Morgan fingerprint density at radius 3 is 1.44 bits per heavy atom. The first-order valence-corrected chi connectivity index (χ1v) is 18.2. The second-order valence-electron chi connectivity index (χ2n) is 13.3. The topological polar surface area (TPSA) is 107 Å². The summed E-state index contributed by atoms with van der Waals surface area (Å²) in [5, 5.41) is 22.3. The van der Waals surface area contributed by atoms with Crippen molar-refractivity contribution >= 4 is 0 Å². The molecule has 0 aliphatic carbocycles. The number of ether oxygens (including phenoxy) is 2. The van der Waals surface area contributed by atoms with E-state index in [1.165, 1.54) is 32.0 Å². The van der Waals surface area contributed by atoms with Crippen molar-refractivity contribution in [3.05, 3.63) is 67.3 Å². The number of aryl methyl sites for hydroxylation is 2. The lowest BCUT2D eigenvalue weighted by Gasteiger charge is -2.16. The molecule has 0 amide bonds. The summed E-state index contributed by atoms with van der Waals surface area (Å²) >= 11 is 0. The van der Waals surface area contributed by atoms with Crippen LogP contribution in [0.15, 0.2) is 67.3 Å². The first-order valence-electron chi connectivity index (χ1n) is 18.2. The Morgan fingerprint density at radius 1 is 0.620 bits per heavy atom. The van der Waals surface area contributed by atoms with Crippen LogP contribution in [0.3, 0.4) is 0 Å². The lowest BCUT2D eigenvalue weighted by atomic mass is 10.0. The van der Waals surface area contributed by atoms with Crippen molar-refractivity contribution in [2.24, 2.45) is 25.9 Å². The van der Waals surface area contributed by atoms with Crippen LogP contribution >= 0.6 is 0 Å². The third-order valence-corrected chi connectivity index (χ3v) is 9.72. The molecule has 3 heterocycles. The van der Waals surface area contributed by atoms with Gasteiger partial charge in [0.15, 0.2) is 11.6 Å². The predicted octanol–water partition coefficient (Wildman–Crippen LogP) is 9.82. The summed E-state index contributed by atoms with van der Waals surface area (Å²) in [5.74, 6) is 3.48. The van der Waals surface area contributed by atoms with E-state index in [0.717, 1.165) is 48.2 Å². The summed E-state index contributed by atoms with van der Waals surface area (Å²) in [6, 6.07) is 14.9. The molecule has 9 heteroatoms. The highest BCUT2D eigenvalue weighted by atomic mass is 16.5. The molecule has 0 saturated carbocycles. The number of hydrogen-bond donors (Lipinski definition) is 2. The van der Waals surface area contributed by atoms with Crippen molar-refractivity contribution in [3.63, 3.8) is 0 Å². The van der Waals surface area contributed by atoms with Gasteiger partial charge in [0, 0.05) is 60.9 Å². The molecule has 5 rings (SSSR count). The highest BCUT2D eigenvalue weighted by Crippen LogP contribution is 2.41. The Labute approximate surface area is 297 Å². The maximum atomic E-state index is 11.2. The Balaban J connectivity index is 1.40. The van der Waals surface area contributed by atoms with Crippen molar-refractivity contribution in [1.29, 1.82) is 0 Å². The molecule has 9 nitrogen and oxygen atoms in total. The minimum Gasteiger partial charge on any atom is -0.507 e. The van der Waals surface area contributed by atoms with Gasteiger partial charge in [-0.25, -0.2) is 15.0 Å². The van der Waals surface area contributed by atoms with Crippen LogP contribution in [0.5, 0.6) is 23.0 Å². The second kappa shape index (κ2) is 17.2. The summed E-state index contributed by atoms with van der Waals surface area (Å²) in [5.41, 5.74) is 4.40. The van der Waals surface area contributed by atoms with Gasteiger partial charge in [0.2, 0.25) is 0 Å². The summed E-state index contributed by atoms with van der Waals surface area (Å²) < 4.78 is 16.1. The van der Waals surface area contributed by atoms with Gasteiger partial charge in [0.25, 0.3) is 0 Å². The smallest absolute Gasteiger partial charge is 0.180 e. The number of benzene rings is 2. The van der Waals surface area contributed by atoms with Crippen LogP contribution in [0.2, 0.25) is 0 Å². The summed E-state index contributed by atoms with van der Waals surface area (Å²) in [6.45, 7) is 10.1. The van der Waals surface area contributed by atoms with E-state index in [1.54, 1.807) is 12.1 Å². The Kier molecular flexibility index (Phi) is 12.6. The first kappa shape index (κ1) is 36.5. The molecule has 2 N–H and O–H groups in total. The Bertz CT molecular complexity index is 1720. The SMILES string of the molecule is CCCCC(CC)COc1ccc(-c2ccn(C)c2-c2ncnc(-c3c(-c4ccc(OCC(CC)CCCC)cc4O)ccn3C)n2)c(O)c1. The molecule has 0 aliphatic heterocycles. The normalized spacial score (nSPS) is 12.6. The van der Waals surface area contributed by atoms with E-state index in [2.05, 4.69) is 37.7 Å². The highest BCUT2D eigenvalue weighted by molar-refractivity contribution is 5.85. The maximum absolute atomic E-state index is 11.2. The predicted molar refractivity (Wildman–Crippen MR) is 200 cm³/mol. The third kappa shape index (κ3) is 8.49. The molecule has 0 aliphatic rings. The molecule has 266 valence electrons. The van der Waals surface area contributed by atoms with Gasteiger partial charge in [0.05, 0.1) is 24.6 Å². The summed E-state index contributed by atoms with van der Waals surface area (Å²) in [7, 11) is 3.86. The number of rotatable bonds is 18. The standard InChI is InChI=1S/C41H53N5O4/c1-7-11-13-28(9-3)25-49-30-15-17-32(36(47)23-30)34-19-21-45(5)38(34)40-42-27-43-41(44-40)39-35(20-22-46(39)6)33-18-16-31(24-37(33)48)50-26-29(10-4)14-12-8-2/h15-24,27-29,47-48H,7-14,25-26H2,1-6H3. The average Bonchev–Trinajstić information content (AvgIpc) is 3.70. The molecule has 2 unspecified atom stereocenters. The Morgan fingerprint density at radius 2 is 1.06 bits per heavy atom. The molecule has 5 aromatic rings. The van der Waals surface area contributed by atoms with Crippen LogP contribution in [0.1, 0.15) is 79.1 Å². The quantitative estimate of drug-likeness (QED) is 0.0949. The van der Waals surface area contributed by atoms with Crippen LogP contribution in [0.25, 0.3) is 45.3 Å². The highest BCUT2D eigenvalue weighted by Gasteiger charge is 2.22. The number of hydrogen-bond acceptors (Lipinski definition) is 7. The molecule has 50 heavy (non-hydrogen) atoms. The minimum atomic E-state index is 0.129. The van der Waals surface area contributed by atoms with Gasteiger partial charge in [-0.05, 0) is 61.1 Å². The van der Waals surface area contributed by atoms with Crippen LogP contribution < -0.4 is 9.47 Å². The van der Waals surface area contributed by atoms with Crippen molar-refractivity contribution in [2.45, 2.75) is 79.1 Å². The third-order valence-electron chi connectivity index (χ3n) is 9.72. The van der Waals surface area contributed by atoms with Gasteiger partial charge < -0.3 is 28.8 Å². The van der Waals surface area contributed by atoms with Gasteiger partial charge in [-0.15, -0.1) is 0 Å². The van der Waals surface area contributed by atoms with Crippen LogP contribution in [0.4, 0.5) is 0 Å². The van der Waals surface area contributed by atoms with E-state index >= 15 is 0 Å². The summed E-state index contributed by atoms with van der Waals surface area (Å²) in [4.78, 5) is 14.1. The van der Waals surface area contributed by atoms with Crippen molar-refractivity contribution in [3.8, 4) is 68.3 Å². The van der Waals surface area contributed by atoms with Crippen LogP contribution in [-0.4, -0.2) is 47.5 Å². The van der Waals surface area contributed by atoms with E-state index in [4.69, 9.17) is 14.5 Å². The monoisotopic (exact) mass is 679 g/mol. The molecule has 3 aromatic heterocycles. The largest absolute Gasteiger partial charge is 0.507 e. The number of phenolic OH excluding ortho intramolecular Hbond substituents is 2. The molecule has 0 fully saturated rings. The molecule has 0 saturated heterocycles. The molecule has 0 bridgehead atoms. The van der Waals surface area contributed by atoms with E-state index in [0.29, 0.717) is 59.3 Å². The fourth-order valence-corrected chi connectivity index (χ4v) is 6.46. The molecular weight excluding hydrogens is 626 g/mol. The zero-order valence-electron chi connectivity index (χ0n) is 30.5. The van der Waals surface area contributed by atoms with Crippen LogP contribution in [-0.2, 0) is 14.1 Å². The molecule has 0 radical (unpaired) electrons. The van der Waals surface area contributed by atoms with Crippen molar-refractivity contribution in [2.75, 3.05) is 13.2 Å². The number of aromatic hydroxyl groups is 2. The zero-order valence-corrected chi connectivity index (χ0v) is 30.5. The zero-order chi connectivity index (χ0) is 35.6. The lowest BCUT2D eigenvalue weighted by molar-refractivity contribution is 0.232. The fraction of sp³-hybridized carbons (Fsp3) is 0.439. The number of nitrogens with zero attached hydrogens (tertiary/aromatic N) is 5. The molecule has 0 spiro atoms. The number of aromatic nitrogens is 5. The van der Waals surface area contributed by atoms with Gasteiger partial charge in [-0.1, -0.05) is 66.2 Å². The van der Waals surface area contributed by atoms with Crippen LogP contribution in [0, 0.1) is 11.8 Å². The average molecular weight is 680 g/mol. The molecular formula is C41H53N5O4. The second-order valence-corrected chi connectivity index (χ2v) is 13.3. The number of unbranched alkanes of at least 4 members (excludes halogenated alkanes) is 2. The van der Waals surface area contributed by atoms with Crippen molar-refractivity contribution in [1.82, 2.24) is 24.1 Å². The maximum Gasteiger partial charge on any atom is 0.180 e. The van der Waals surface area contributed by atoms with Gasteiger partial charge >= 0.3 is 0 Å². The van der Waals surface area contributed by atoms with Gasteiger partial charge in [0.1, 0.15) is 29.3 Å². The van der Waals surface area contributed by atoms with Gasteiger partial charge in [-0.3, -0.25) is 0 Å². The first-order chi connectivity index (χ1) is 24.3. The fourth-order valence-electron chi connectivity index (χ4n) is 6.46. The van der Waals surface area contributed by atoms with E-state index in [-0.39, 0.29) is 11.5 Å².